The highest BCUT2D eigenvalue weighted by atomic mass is 35.5. The number of hydrogen-bond donors (Lipinski definition) is 1. The van der Waals surface area contributed by atoms with E-state index in [0.717, 1.165) is 5.56 Å². The van der Waals surface area contributed by atoms with Crippen molar-refractivity contribution in [2.24, 2.45) is 5.10 Å². The molecule has 7 heteroatoms. The number of hydrazone groups is 1. The number of carbonyl (C=O) groups is 2. The summed E-state index contributed by atoms with van der Waals surface area (Å²) in [5.41, 5.74) is 3.59. The normalized spacial score (nSPS) is 10.7. The van der Waals surface area contributed by atoms with Gasteiger partial charge in [0.15, 0.2) is 0 Å². The van der Waals surface area contributed by atoms with Crippen LogP contribution < -0.4 is 10.2 Å². The van der Waals surface area contributed by atoms with Crippen LogP contribution in [0.4, 0.5) is 0 Å². The molecule has 0 unspecified atom stereocenters. The van der Waals surface area contributed by atoms with E-state index in [1.165, 1.54) is 17.6 Å². The summed E-state index contributed by atoms with van der Waals surface area (Å²) in [5.74, 6) is -0.316. The van der Waals surface area contributed by atoms with E-state index < -0.39 is 5.97 Å². The average molecular weight is 385 g/mol. The molecular weight excluding hydrogens is 372 g/mol. The van der Waals surface area contributed by atoms with Gasteiger partial charge in [0.2, 0.25) is 0 Å². The Kier molecular flexibility index (Phi) is 5.78. The van der Waals surface area contributed by atoms with Crippen LogP contribution in [0.15, 0.2) is 71.1 Å². The monoisotopic (exact) mass is 384 g/mol. The zero-order valence-electron chi connectivity index (χ0n) is 13.4. The Morgan fingerprint density at radius 1 is 1.08 bits per heavy atom. The summed E-state index contributed by atoms with van der Waals surface area (Å²) in [4.78, 5) is 24.3. The lowest BCUT2D eigenvalue weighted by Crippen LogP contribution is -2.17. The van der Waals surface area contributed by atoms with Gasteiger partial charge in [-0.05, 0) is 59.5 Å². The predicted octanol–water partition coefficient (Wildman–Crippen LogP) is 4.38. The second kappa shape index (κ2) is 8.42. The molecule has 0 fully saturated rings. The van der Waals surface area contributed by atoms with Gasteiger partial charge >= 0.3 is 5.97 Å². The fourth-order valence-electron chi connectivity index (χ4n) is 2.03. The molecule has 1 N–H and O–H groups in total. The van der Waals surface area contributed by atoms with Crippen molar-refractivity contribution in [2.45, 2.75) is 0 Å². The highest BCUT2D eigenvalue weighted by molar-refractivity contribution is 7.12. The number of nitrogens with one attached hydrogen (secondary N) is 1. The maximum absolute atomic E-state index is 11.9. The zero-order chi connectivity index (χ0) is 18.4. The molecule has 0 saturated carbocycles. The first-order valence-electron chi connectivity index (χ1n) is 7.56. The van der Waals surface area contributed by atoms with Gasteiger partial charge in [0, 0.05) is 10.6 Å². The second-order valence-electron chi connectivity index (χ2n) is 5.15. The molecule has 2 aromatic carbocycles. The predicted molar refractivity (Wildman–Crippen MR) is 102 cm³/mol. The van der Waals surface area contributed by atoms with Gasteiger partial charge in [-0.2, -0.15) is 5.10 Å². The fourth-order valence-corrected chi connectivity index (χ4v) is 2.82. The van der Waals surface area contributed by atoms with Crippen molar-refractivity contribution in [3.63, 3.8) is 0 Å². The molecule has 3 rings (SSSR count). The minimum absolute atomic E-state index is 0.356. The minimum atomic E-state index is -0.393. The highest BCUT2D eigenvalue weighted by Crippen LogP contribution is 2.16. The second-order valence-corrected chi connectivity index (χ2v) is 6.53. The van der Waals surface area contributed by atoms with Gasteiger partial charge in [-0.3, -0.25) is 4.79 Å². The van der Waals surface area contributed by atoms with Crippen LogP contribution in [0.1, 0.15) is 25.6 Å². The van der Waals surface area contributed by atoms with Crippen molar-refractivity contribution in [1.82, 2.24) is 5.43 Å². The van der Waals surface area contributed by atoms with Crippen molar-refractivity contribution >= 4 is 41.0 Å². The molecule has 1 amide bonds. The topological polar surface area (TPSA) is 67.8 Å². The number of hydrogen-bond acceptors (Lipinski definition) is 5. The summed E-state index contributed by atoms with van der Waals surface area (Å²) in [6, 6.07) is 16.9. The summed E-state index contributed by atoms with van der Waals surface area (Å²) in [6.07, 6.45) is 1.49. The van der Waals surface area contributed by atoms with E-state index in [2.05, 4.69) is 10.5 Å². The van der Waals surface area contributed by atoms with E-state index in [0.29, 0.717) is 21.2 Å². The van der Waals surface area contributed by atoms with Crippen LogP contribution in [0.25, 0.3) is 0 Å². The number of thiophene rings is 1. The summed E-state index contributed by atoms with van der Waals surface area (Å²) >= 11 is 7.17. The van der Waals surface area contributed by atoms with E-state index in [4.69, 9.17) is 16.3 Å². The molecule has 1 heterocycles. The number of benzene rings is 2. The molecule has 0 bridgehead atoms. The number of ether oxygens (including phenoxy) is 1. The number of amides is 1. The zero-order valence-corrected chi connectivity index (χ0v) is 15.0. The molecule has 0 saturated heterocycles. The summed E-state index contributed by atoms with van der Waals surface area (Å²) < 4.78 is 5.27. The summed E-state index contributed by atoms with van der Waals surface area (Å²) in [6.45, 7) is 0. The van der Waals surface area contributed by atoms with Crippen LogP contribution in [0.3, 0.4) is 0 Å². The van der Waals surface area contributed by atoms with Crippen molar-refractivity contribution < 1.29 is 14.3 Å². The van der Waals surface area contributed by atoms with Crippen LogP contribution in [-0.2, 0) is 0 Å². The third-order valence-electron chi connectivity index (χ3n) is 3.28. The molecule has 1 aromatic heterocycles. The summed E-state index contributed by atoms with van der Waals surface area (Å²) in [5, 5.41) is 6.20. The van der Waals surface area contributed by atoms with Gasteiger partial charge < -0.3 is 4.74 Å². The fraction of sp³-hybridized carbons (Fsp3) is 0. The van der Waals surface area contributed by atoms with Crippen LogP contribution in [0.2, 0.25) is 5.02 Å². The number of nitrogens with zero attached hydrogens (tertiary/aromatic N) is 1. The van der Waals surface area contributed by atoms with Crippen molar-refractivity contribution in [3.8, 4) is 5.75 Å². The van der Waals surface area contributed by atoms with Crippen molar-refractivity contribution in [1.29, 1.82) is 0 Å². The maximum Gasteiger partial charge on any atom is 0.353 e. The molecule has 3 aromatic rings. The standard InChI is InChI=1S/C19H13ClN2O3S/c20-15-4-1-3-14(11-15)18(23)22-21-12-13-6-8-16(9-7-13)25-19(24)17-5-2-10-26-17/h1-12H,(H,22,23). The Morgan fingerprint density at radius 3 is 2.58 bits per heavy atom. The lowest BCUT2D eigenvalue weighted by Gasteiger charge is -2.03. The Hall–Kier alpha value is -2.96. The Labute approximate surface area is 158 Å². The number of rotatable bonds is 5. The molecule has 26 heavy (non-hydrogen) atoms. The molecule has 0 aliphatic heterocycles. The number of carbonyl (C=O) groups excluding carboxylic acids is 2. The number of esters is 1. The third kappa shape index (κ3) is 4.78. The molecule has 130 valence electrons. The lowest BCUT2D eigenvalue weighted by molar-refractivity contribution is 0.0739. The Balaban J connectivity index is 1.56. The first-order valence-corrected chi connectivity index (χ1v) is 8.82. The van der Waals surface area contributed by atoms with Gasteiger partial charge in [-0.25, -0.2) is 10.2 Å². The third-order valence-corrected chi connectivity index (χ3v) is 4.36. The summed E-state index contributed by atoms with van der Waals surface area (Å²) in [7, 11) is 0. The average Bonchev–Trinajstić information content (AvgIpc) is 3.18. The van der Waals surface area contributed by atoms with E-state index in [-0.39, 0.29) is 5.91 Å². The lowest BCUT2D eigenvalue weighted by atomic mass is 10.2. The van der Waals surface area contributed by atoms with Gasteiger partial charge in [0.25, 0.3) is 5.91 Å². The SMILES string of the molecule is O=C(NN=Cc1ccc(OC(=O)c2cccs2)cc1)c1cccc(Cl)c1. The van der Waals surface area contributed by atoms with Crippen LogP contribution in [0.5, 0.6) is 5.75 Å². The minimum Gasteiger partial charge on any atom is -0.422 e. The largest absolute Gasteiger partial charge is 0.422 e. The van der Waals surface area contributed by atoms with E-state index in [1.807, 2.05) is 5.38 Å². The first-order chi connectivity index (χ1) is 12.6. The molecule has 5 nitrogen and oxygen atoms in total. The molecule has 0 aliphatic rings. The van der Waals surface area contributed by atoms with Crippen molar-refractivity contribution in [3.05, 3.63) is 87.1 Å². The van der Waals surface area contributed by atoms with E-state index in [9.17, 15) is 9.59 Å². The molecule has 0 atom stereocenters. The smallest absolute Gasteiger partial charge is 0.353 e. The Morgan fingerprint density at radius 2 is 1.88 bits per heavy atom. The highest BCUT2D eigenvalue weighted by Gasteiger charge is 2.09. The van der Waals surface area contributed by atoms with Crippen LogP contribution in [0, 0.1) is 0 Å². The molecule has 0 spiro atoms. The number of halogens is 1. The molecule has 0 aliphatic carbocycles. The van der Waals surface area contributed by atoms with Gasteiger partial charge in [-0.15, -0.1) is 11.3 Å². The van der Waals surface area contributed by atoms with Crippen molar-refractivity contribution in [2.75, 3.05) is 0 Å². The van der Waals surface area contributed by atoms with Gasteiger partial charge in [-0.1, -0.05) is 23.7 Å². The maximum atomic E-state index is 11.9. The van der Waals surface area contributed by atoms with E-state index >= 15 is 0 Å². The van der Waals surface area contributed by atoms with Gasteiger partial charge in [0.05, 0.1) is 6.21 Å². The van der Waals surface area contributed by atoms with Crippen LogP contribution in [-0.4, -0.2) is 18.1 Å². The van der Waals surface area contributed by atoms with E-state index in [1.54, 1.807) is 60.7 Å². The quantitative estimate of drug-likeness (QED) is 0.307. The Bertz CT molecular complexity index is 938. The molecule has 0 radical (unpaired) electrons. The van der Waals surface area contributed by atoms with Crippen LogP contribution >= 0.6 is 22.9 Å². The first kappa shape index (κ1) is 17.8. The molecular formula is C19H13ClN2O3S. The van der Waals surface area contributed by atoms with Gasteiger partial charge in [0.1, 0.15) is 10.6 Å².